The highest BCUT2D eigenvalue weighted by atomic mass is 19.4. The third-order valence-corrected chi connectivity index (χ3v) is 3.73. The van der Waals surface area contributed by atoms with Crippen molar-refractivity contribution in [3.8, 4) is 16.9 Å². The molecule has 0 aliphatic rings. The molecule has 1 aromatic heterocycles. The number of aryl methyl sites for hydroxylation is 1. The number of aromatic nitrogens is 2. The molecule has 0 aliphatic carbocycles. The van der Waals surface area contributed by atoms with E-state index in [1.165, 1.54) is 16.8 Å². The molecular formula is C18H15F3N4O. The van der Waals surface area contributed by atoms with Gasteiger partial charge in [0.1, 0.15) is 0 Å². The maximum absolute atomic E-state index is 13.1. The van der Waals surface area contributed by atoms with E-state index in [9.17, 15) is 18.0 Å². The van der Waals surface area contributed by atoms with Crippen molar-refractivity contribution in [3.63, 3.8) is 0 Å². The van der Waals surface area contributed by atoms with Gasteiger partial charge in [-0.05, 0) is 37.3 Å². The number of halogens is 3. The SMILES string of the molecule is Cc1ccc(-c2cc(C(F)(F)F)nn2-c2ccc(NC(N)=O)cc2)cc1. The topological polar surface area (TPSA) is 72.9 Å². The van der Waals surface area contributed by atoms with Gasteiger partial charge in [-0.15, -0.1) is 0 Å². The third-order valence-electron chi connectivity index (χ3n) is 3.73. The Labute approximate surface area is 147 Å². The van der Waals surface area contributed by atoms with E-state index in [-0.39, 0.29) is 0 Å². The number of rotatable bonds is 3. The van der Waals surface area contributed by atoms with Crippen LogP contribution < -0.4 is 11.1 Å². The van der Waals surface area contributed by atoms with Crippen LogP contribution in [-0.2, 0) is 6.18 Å². The predicted octanol–water partition coefficient (Wildman–Crippen LogP) is 4.36. The Morgan fingerprint density at radius 2 is 1.69 bits per heavy atom. The van der Waals surface area contributed by atoms with E-state index in [0.717, 1.165) is 11.6 Å². The molecule has 0 unspecified atom stereocenters. The Hall–Kier alpha value is -3.29. The fourth-order valence-electron chi connectivity index (χ4n) is 2.47. The molecule has 0 spiro atoms. The third kappa shape index (κ3) is 3.69. The van der Waals surface area contributed by atoms with Gasteiger partial charge in [0.25, 0.3) is 0 Å². The van der Waals surface area contributed by atoms with Crippen LogP contribution in [0.15, 0.2) is 54.6 Å². The fourth-order valence-corrected chi connectivity index (χ4v) is 2.47. The molecule has 8 heteroatoms. The molecule has 2 aromatic carbocycles. The van der Waals surface area contributed by atoms with Gasteiger partial charge in [-0.2, -0.15) is 18.3 Å². The van der Waals surface area contributed by atoms with Gasteiger partial charge in [0, 0.05) is 11.3 Å². The van der Waals surface area contributed by atoms with Crippen LogP contribution in [-0.4, -0.2) is 15.8 Å². The summed E-state index contributed by atoms with van der Waals surface area (Å²) in [5, 5.41) is 6.12. The zero-order chi connectivity index (χ0) is 18.9. The molecular weight excluding hydrogens is 345 g/mol. The first-order valence-corrected chi connectivity index (χ1v) is 7.65. The van der Waals surface area contributed by atoms with Crippen LogP contribution in [0.2, 0.25) is 0 Å². The zero-order valence-corrected chi connectivity index (χ0v) is 13.7. The largest absolute Gasteiger partial charge is 0.435 e. The van der Waals surface area contributed by atoms with E-state index < -0.39 is 17.9 Å². The highest BCUT2D eigenvalue weighted by Gasteiger charge is 2.35. The van der Waals surface area contributed by atoms with E-state index in [1.807, 2.05) is 19.1 Å². The molecule has 2 amide bonds. The summed E-state index contributed by atoms with van der Waals surface area (Å²) in [7, 11) is 0. The average Bonchev–Trinajstić information content (AvgIpc) is 3.01. The number of carbonyl (C=O) groups excluding carboxylic acids is 1. The highest BCUT2D eigenvalue weighted by Crippen LogP contribution is 2.33. The number of benzene rings is 2. The number of nitrogens with one attached hydrogen (secondary N) is 1. The van der Waals surface area contributed by atoms with E-state index >= 15 is 0 Å². The standard InChI is InChI=1S/C18H15F3N4O/c1-11-2-4-12(5-3-11)15-10-16(18(19,20)21)24-25(15)14-8-6-13(7-9-14)23-17(22)26/h2-10H,1H3,(H3,22,23,26). The summed E-state index contributed by atoms with van der Waals surface area (Å²) in [5.41, 5.74) is 6.84. The quantitative estimate of drug-likeness (QED) is 0.728. The lowest BCUT2D eigenvalue weighted by Crippen LogP contribution is -2.19. The first-order chi connectivity index (χ1) is 12.2. The van der Waals surface area contributed by atoms with Crippen molar-refractivity contribution in [2.75, 3.05) is 5.32 Å². The Kier molecular flexibility index (Phi) is 4.41. The highest BCUT2D eigenvalue weighted by molar-refractivity contribution is 5.87. The normalized spacial score (nSPS) is 11.4. The maximum atomic E-state index is 13.1. The van der Waals surface area contributed by atoms with Crippen molar-refractivity contribution in [1.29, 1.82) is 0 Å². The minimum absolute atomic E-state index is 0.313. The number of primary amides is 1. The van der Waals surface area contributed by atoms with Crippen molar-refractivity contribution >= 4 is 11.7 Å². The smallest absolute Gasteiger partial charge is 0.351 e. The van der Waals surface area contributed by atoms with Crippen molar-refractivity contribution in [2.45, 2.75) is 13.1 Å². The fraction of sp³-hybridized carbons (Fsp3) is 0.111. The van der Waals surface area contributed by atoms with Crippen molar-refractivity contribution in [1.82, 2.24) is 9.78 Å². The lowest BCUT2D eigenvalue weighted by Gasteiger charge is -2.09. The monoisotopic (exact) mass is 360 g/mol. The van der Waals surface area contributed by atoms with E-state index in [4.69, 9.17) is 5.73 Å². The molecule has 0 saturated carbocycles. The summed E-state index contributed by atoms with van der Waals surface area (Å²) in [6.07, 6.45) is -4.56. The van der Waals surface area contributed by atoms with Crippen molar-refractivity contribution < 1.29 is 18.0 Å². The molecule has 134 valence electrons. The Morgan fingerprint density at radius 1 is 1.08 bits per heavy atom. The minimum atomic E-state index is -4.56. The molecule has 0 atom stereocenters. The molecule has 0 fully saturated rings. The number of urea groups is 1. The van der Waals surface area contributed by atoms with Gasteiger partial charge in [-0.1, -0.05) is 29.8 Å². The maximum Gasteiger partial charge on any atom is 0.435 e. The number of alkyl halides is 3. The van der Waals surface area contributed by atoms with Gasteiger partial charge in [-0.25, -0.2) is 9.48 Å². The minimum Gasteiger partial charge on any atom is -0.351 e. The second-order valence-electron chi connectivity index (χ2n) is 5.73. The van der Waals surface area contributed by atoms with Gasteiger partial charge in [-0.3, -0.25) is 0 Å². The van der Waals surface area contributed by atoms with E-state index in [2.05, 4.69) is 10.4 Å². The van der Waals surface area contributed by atoms with Crippen LogP contribution in [0.25, 0.3) is 16.9 Å². The molecule has 1 heterocycles. The molecule has 0 radical (unpaired) electrons. The summed E-state index contributed by atoms with van der Waals surface area (Å²) < 4.78 is 40.7. The lowest BCUT2D eigenvalue weighted by atomic mass is 10.1. The molecule has 5 nitrogen and oxygen atoms in total. The summed E-state index contributed by atoms with van der Waals surface area (Å²) in [6, 6.07) is 13.6. The lowest BCUT2D eigenvalue weighted by molar-refractivity contribution is -0.141. The predicted molar refractivity (Wildman–Crippen MR) is 91.9 cm³/mol. The number of hydrogen-bond acceptors (Lipinski definition) is 2. The van der Waals surface area contributed by atoms with Crippen molar-refractivity contribution in [2.24, 2.45) is 5.73 Å². The molecule has 3 rings (SSSR count). The van der Waals surface area contributed by atoms with Crippen LogP contribution in [0, 0.1) is 6.92 Å². The summed E-state index contributed by atoms with van der Waals surface area (Å²) in [5.74, 6) is 0. The number of nitrogens with zero attached hydrogens (tertiary/aromatic N) is 2. The van der Waals surface area contributed by atoms with E-state index in [1.54, 1.807) is 24.3 Å². The van der Waals surface area contributed by atoms with Crippen LogP contribution in [0.1, 0.15) is 11.3 Å². The average molecular weight is 360 g/mol. The molecule has 3 N–H and O–H groups in total. The first kappa shape index (κ1) is 17.5. The Balaban J connectivity index is 2.08. The van der Waals surface area contributed by atoms with E-state index in [0.29, 0.717) is 22.6 Å². The Morgan fingerprint density at radius 3 is 2.23 bits per heavy atom. The van der Waals surface area contributed by atoms with Crippen LogP contribution in [0.4, 0.5) is 23.7 Å². The summed E-state index contributed by atoms with van der Waals surface area (Å²) >= 11 is 0. The molecule has 3 aromatic rings. The number of amides is 2. The molecule has 0 saturated heterocycles. The number of carbonyl (C=O) groups is 1. The number of nitrogens with two attached hydrogens (primary N) is 1. The summed E-state index contributed by atoms with van der Waals surface area (Å²) in [4.78, 5) is 10.9. The molecule has 26 heavy (non-hydrogen) atoms. The molecule has 0 aliphatic heterocycles. The van der Waals surface area contributed by atoms with Crippen molar-refractivity contribution in [3.05, 3.63) is 65.9 Å². The summed E-state index contributed by atoms with van der Waals surface area (Å²) in [6.45, 7) is 1.90. The second-order valence-corrected chi connectivity index (χ2v) is 5.73. The molecule has 0 bridgehead atoms. The van der Waals surface area contributed by atoms with Crippen LogP contribution in [0.3, 0.4) is 0 Å². The van der Waals surface area contributed by atoms with Gasteiger partial charge in [0.15, 0.2) is 5.69 Å². The van der Waals surface area contributed by atoms with Gasteiger partial charge in [0.2, 0.25) is 0 Å². The second kappa shape index (κ2) is 6.55. The first-order valence-electron chi connectivity index (χ1n) is 7.65. The van der Waals surface area contributed by atoms with Crippen LogP contribution >= 0.6 is 0 Å². The zero-order valence-electron chi connectivity index (χ0n) is 13.7. The number of hydrogen-bond donors (Lipinski definition) is 2. The van der Waals surface area contributed by atoms with Gasteiger partial charge in [0.05, 0.1) is 11.4 Å². The number of anilines is 1. The van der Waals surface area contributed by atoms with Crippen LogP contribution in [0.5, 0.6) is 0 Å². The Bertz CT molecular complexity index is 929. The van der Waals surface area contributed by atoms with Gasteiger partial charge < -0.3 is 11.1 Å². The van der Waals surface area contributed by atoms with Gasteiger partial charge >= 0.3 is 12.2 Å².